The van der Waals surface area contributed by atoms with Gasteiger partial charge in [0.25, 0.3) is 6.71 Å². The van der Waals surface area contributed by atoms with Crippen molar-refractivity contribution in [2.45, 2.75) is 0 Å². The molecule has 7 aromatic rings. The van der Waals surface area contributed by atoms with Crippen molar-refractivity contribution < 1.29 is 14.2 Å². The molecule has 0 aliphatic carbocycles. The van der Waals surface area contributed by atoms with Gasteiger partial charge in [-0.3, -0.25) is 0 Å². The lowest BCUT2D eigenvalue weighted by Crippen LogP contribution is -2.57. The first-order chi connectivity index (χ1) is 23.3. The van der Waals surface area contributed by atoms with Gasteiger partial charge in [0.2, 0.25) is 0 Å². The molecule has 0 aromatic heterocycles. The summed E-state index contributed by atoms with van der Waals surface area (Å²) >= 11 is 0. The van der Waals surface area contributed by atoms with E-state index in [0.717, 1.165) is 79.1 Å². The van der Waals surface area contributed by atoms with Crippen LogP contribution in [0.3, 0.4) is 0 Å². The van der Waals surface area contributed by atoms with E-state index in [9.17, 15) is 0 Å². The van der Waals surface area contributed by atoms with Crippen LogP contribution in [0.5, 0.6) is 34.5 Å². The SMILES string of the molecule is c1ccc(-c2ccc3c(c2)B2c4cc(-c5ccccc5)ccc4Oc4cc(N5c6ccccc6Oc6ccccc65)cc(c42)O3)cc1. The molecular formula is C42H26BNO3. The summed E-state index contributed by atoms with van der Waals surface area (Å²) in [6.07, 6.45) is 0. The minimum atomic E-state index is -0.0712. The highest BCUT2D eigenvalue weighted by molar-refractivity contribution is 6.98. The summed E-state index contributed by atoms with van der Waals surface area (Å²) in [5, 5.41) is 0. The summed E-state index contributed by atoms with van der Waals surface area (Å²) in [5.74, 6) is 4.89. The number of nitrogens with zero attached hydrogens (tertiary/aromatic N) is 1. The van der Waals surface area contributed by atoms with Crippen LogP contribution in [-0.2, 0) is 0 Å². The molecule has 3 aliphatic rings. The highest BCUT2D eigenvalue weighted by Gasteiger charge is 2.41. The van der Waals surface area contributed by atoms with E-state index in [4.69, 9.17) is 14.2 Å². The molecule has 220 valence electrons. The predicted octanol–water partition coefficient (Wildman–Crippen LogP) is 9.32. The fraction of sp³-hybridized carbons (Fsp3) is 0. The minimum Gasteiger partial charge on any atom is -0.458 e. The van der Waals surface area contributed by atoms with E-state index in [2.05, 4.69) is 126 Å². The van der Waals surface area contributed by atoms with Crippen LogP contribution in [0, 0.1) is 0 Å². The molecule has 3 aliphatic heterocycles. The molecule has 47 heavy (non-hydrogen) atoms. The second-order valence-corrected chi connectivity index (χ2v) is 12.1. The summed E-state index contributed by atoms with van der Waals surface area (Å²) in [5.41, 5.74) is 10.8. The van der Waals surface area contributed by atoms with Crippen LogP contribution < -0.4 is 35.5 Å². The van der Waals surface area contributed by atoms with Gasteiger partial charge in [0.05, 0.1) is 17.1 Å². The number of benzene rings is 7. The summed E-state index contributed by atoms with van der Waals surface area (Å²) < 4.78 is 19.9. The molecule has 10 rings (SSSR count). The van der Waals surface area contributed by atoms with E-state index in [1.807, 2.05) is 36.4 Å². The van der Waals surface area contributed by atoms with Crippen molar-refractivity contribution in [3.8, 4) is 56.8 Å². The first-order valence-electron chi connectivity index (χ1n) is 15.9. The van der Waals surface area contributed by atoms with Gasteiger partial charge in [-0.25, -0.2) is 0 Å². The van der Waals surface area contributed by atoms with Gasteiger partial charge in [-0.05, 0) is 69.6 Å². The summed E-state index contributed by atoms with van der Waals surface area (Å²) in [4.78, 5) is 2.23. The number of hydrogen-bond donors (Lipinski definition) is 0. The lowest BCUT2D eigenvalue weighted by Gasteiger charge is -2.36. The number of rotatable bonds is 3. The summed E-state index contributed by atoms with van der Waals surface area (Å²) in [6, 6.07) is 54.7. The zero-order valence-electron chi connectivity index (χ0n) is 25.3. The van der Waals surface area contributed by atoms with Crippen LogP contribution in [0.4, 0.5) is 17.1 Å². The van der Waals surface area contributed by atoms with Gasteiger partial charge in [0, 0.05) is 17.6 Å². The van der Waals surface area contributed by atoms with Gasteiger partial charge in [0.15, 0.2) is 11.5 Å². The standard InChI is InChI=1S/C42H26BNO3/c1-3-11-27(12-4-1)29-19-21-36-32(23-29)43-33-24-30(28-13-5-2-6-14-28)20-22-37(33)46-41-26-31(25-40(45-36)42(41)43)44-34-15-7-9-17-38(34)47-39-18-10-8-16-35(39)44/h1-26H. The zero-order chi connectivity index (χ0) is 30.9. The molecule has 7 aromatic carbocycles. The largest absolute Gasteiger partial charge is 0.458 e. The number of para-hydroxylation sites is 4. The van der Waals surface area contributed by atoms with E-state index in [-0.39, 0.29) is 6.71 Å². The van der Waals surface area contributed by atoms with Crippen molar-refractivity contribution in [2.24, 2.45) is 0 Å². The molecule has 3 heterocycles. The Balaban J connectivity index is 1.19. The lowest BCUT2D eigenvalue weighted by molar-refractivity contribution is 0.464. The van der Waals surface area contributed by atoms with Crippen LogP contribution in [-0.4, -0.2) is 6.71 Å². The Bertz CT molecular complexity index is 2200. The average molecular weight is 603 g/mol. The van der Waals surface area contributed by atoms with Crippen molar-refractivity contribution in [3.63, 3.8) is 0 Å². The second-order valence-electron chi connectivity index (χ2n) is 12.1. The molecule has 0 saturated heterocycles. The molecule has 0 saturated carbocycles. The molecule has 0 unspecified atom stereocenters. The van der Waals surface area contributed by atoms with Crippen LogP contribution >= 0.6 is 0 Å². The number of fused-ring (bicyclic) bond motifs is 6. The number of hydrogen-bond acceptors (Lipinski definition) is 4. The Morgan fingerprint density at radius 1 is 0.362 bits per heavy atom. The quantitative estimate of drug-likeness (QED) is 0.188. The van der Waals surface area contributed by atoms with Crippen LogP contribution in [0.1, 0.15) is 0 Å². The highest BCUT2D eigenvalue weighted by Crippen LogP contribution is 2.51. The third-order valence-corrected chi connectivity index (χ3v) is 9.36. The Kier molecular flexibility index (Phi) is 5.63. The Morgan fingerprint density at radius 3 is 1.32 bits per heavy atom. The third kappa shape index (κ3) is 4.10. The molecule has 4 nitrogen and oxygen atoms in total. The maximum absolute atomic E-state index is 6.81. The molecule has 0 fully saturated rings. The molecule has 0 spiro atoms. The maximum atomic E-state index is 6.81. The monoisotopic (exact) mass is 603 g/mol. The first kappa shape index (κ1) is 26.1. The van der Waals surface area contributed by atoms with Gasteiger partial charge in [0.1, 0.15) is 23.0 Å². The van der Waals surface area contributed by atoms with Gasteiger partial charge >= 0.3 is 0 Å². The fourth-order valence-electron chi connectivity index (χ4n) is 7.22. The summed E-state index contributed by atoms with van der Waals surface area (Å²) in [7, 11) is 0. The van der Waals surface area contributed by atoms with Crippen molar-refractivity contribution in [2.75, 3.05) is 4.90 Å². The fourth-order valence-corrected chi connectivity index (χ4v) is 7.22. The third-order valence-electron chi connectivity index (χ3n) is 9.36. The number of anilines is 3. The van der Waals surface area contributed by atoms with E-state index in [1.54, 1.807) is 0 Å². The van der Waals surface area contributed by atoms with Gasteiger partial charge in [-0.15, -0.1) is 0 Å². The average Bonchev–Trinajstić information content (AvgIpc) is 3.14. The highest BCUT2D eigenvalue weighted by atomic mass is 16.5. The van der Waals surface area contributed by atoms with Crippen molar-refractivity contribution in [1.29, 1.82) is 0 Å². The molecule has 0 atom stereocenters. The van der Waals surface area contributed by atoms with Gasteiger partial charge < -0.3 is 19.1 Å². The van der Waals surface area contributed by atoms with E-state index >= 15 is 0 Å². The summed E-state index contributed by atoms with van der Waals surface area (Å²) in [6.45, 7) is -0.0712. The molecule has 0 N–H and O–H groups in total. The molecule has 5 heteroatoms. The van der Waals surface area contributed by atoms with Crippen LogP contribution in [0.25, 0.3) is 22.3 Å². The second kappa shape index (κ2) is 10.2. The Hall–Kier alpha value is -6.20. The van der Waals surface area contributed by atoms with Crippen molar-refractivity contribution in [3.05, 3.63) is 158 Å². The van der Waals surface area contributed by atoms with Crippen LogP contribution in [0.15, 0.2) is 158 Å². The van der Waals surface area contributed by atoms with E-state index in [0.29, 0.717) is 0 Å². The first-order valence-corrected chi connectivity index (χ1v) is 15.9. The normalized spacial score (nSPS) is 13.1. The Labute approximate surface area is 273 Å². The van der Waals surface area contributed by atoms with Crippen molar-refractivity contribution >= 4 is 40.2 Å². The van der Waals surface area contributed by atoms with Gasteiger partial charge in [-0.2, -0.15) is 0 Å². The number of ether oxygens (including phenoxy) is 3. The topological polar surface area (TPSA) is 30.9 Å². The van der Waals surface area contributed by atoms with Crippen molar-refractivity contribution in [1.82, 2.24) is 0 Å². The molecule has 0 bridgehead atoms. The minimum absolute atomic E-state index is 0.0712. The maximum Gasteiger partial charge on any atom is 0.260 e. The zero-order valence-corrected chi connectivity index (χ0v) is 25.3. The van der Waals surface area contributed by atoms with Gasteiger partial charge in [-0.1, -0.05) is 109 Å². The molecule has 0 amide bonds. The molecule has 0 radical (unpaired) electrons. The lowest BCUT2D eigenvalue weighted by atomic mass is 9.34. The van der Waals surface area contributed by atoms with Crippen LogP contribution in [0.2, 0.25) is 0 Å². The Morgan fingerprint density at radius 2 is 0.809 bits per heavy atom. The smallest absolute Gasteiger partial charge is 0.260 e. The predicted molar refractivity (Wildman–Crippen MR) is 190 cm³/mol. The van der Waals surface area contributed by atoms with E-state index in [1.165, 1.54) is 11.1 Å². The van der Waals surface area contributed by atoms with E-state index < -0.39 is 0 Å². The molecular weight excluding hydrogens is 577 g/mol.